The molecule has 0 spiro atoms. The number of benzene rings is 2. The topological polar surface area (TPSA) is 61.4 Å². The lowest BCUT2D eigenvalue weighted by atomic mass is 10.1. The Morgan fingerprint density at radius 3 is 2.24 bits per heavy atom. The highest BCUT2D eigenvalue weighted by Crippen LogP contribution is 2.18. The minimum atomic E-state index is -0.0408. The fraction of sp³-hybridized carbons (Fsp3) is 0.300. The Labute approximate surface area is 149 Å². The van der Waals surface area contributed by atoms with Crippen molar-refractivity contribution in [3.05, 3.63) is 60.2 Å². The maximum atomic E-state index is 12.7. The van der Waals surface area contributed by atoms with E-state index in [2.05, 4.69) is 10.6 Å². The molecule has 2 aromatic carbocycles. The molecule has 2 amide bonds. The van der Waals surface area contributed by atoms with E-state index in [1.807, 2.05) is 56.3 Å². The number of hydrogen-bond donors (Lipinski definition) is 2. The smallest absolute Gasteiger partial charge is 0.258 e. The zero-order chi connectivity index (χ0) is 18.1. The van der Waals surface area contributed by atoms with Crippen molar-refractivity contribution in [3.8, 4) is 0 Å². The molecular formula is C20H25N3O2. The normalized spacial score (nSPS) is 10.2. The zero-order valence-corrected chi connectivity index (χ0v) is 14.8. The van der Waals surface area contributed by atoms with Crippen LogP contribution >= 0.6 is 0 Å². The molecule has 0 atom stereocenters. The van der Waals surface area contributed by atoms with Crippen molar-refractivity contribution < 1.29 is 9.59 Å². The van der Waals surface area contributed by atoms with Crippen molar-refractivity contribution in [1.82, 2.24) is 5.32 Å². The van der Waals surface area contributed by atoms with E-state index in [1.165, 1.54) is 0 Å². The maximum absolute atomic E-state index is 12.7. The highest BCUT2D eigenvalue weighted by Gasteiger charge is 2.15. The predicted octanol–water partition coefficient (Wildman–Crippen LogP) is 3.29. The molecule has 25 heavy (non-hydrogen) atoms. The molecule has 2 rings (SSSR count). The second-order valence-corrected chi connectivity index (χ2v) is 5.67. The summed E-state index contributed by atoms with van der Waals surface area (Å²) < 4.78 is 0. The van der Waals surface area contributed by atoms with E-state index < -0.39 is 0 Å². The fourth-order valence-corrected chi connectivity index (χ4v) is 2.45. The Kier molecular flexibility index (Phi) is 7.01. The van der Waals surface area contributed by atoms with E-state index in [0.29, 0.717) is 18.7 Å². The van der Waals surface area contributed by atoms with Gasteiger partial charge in [-0.2, -0.15) is 0 Å². The summed E-state index contributed by atoms with van der Waals surface area (Å²) in [5.74, 6) is -0.0795. The summed E-state index contributed by atoms with van der Waals surface area (Å²) in [5.41, 5.74) is 2.31. The van der Waals surface area contributed by atoms with Gasteiger partial charge in [0.15, 0.2) is 0 Å². The molecule has 0 aliphatic heterocycles. The van der Waals surface area contributed by atoms with Crippen LogP contribution in [0.25, 0.3) is 0 Å². The number of rotatable bonds is 8. The average Bonchev–Trinajstić information content (AvgIpc) is 2.66. The van der Waals surface area contributed by atoms with E-state index in [-0.39, 0.29) is 18.4 Å². The largest absolute Gasteiger partial charge is 0.376 e. The van der Waals surface area contributed by atoms with Gasteiger partial charge in [-0.05, 0) is 49.7 Å². The SMILES string of the molecule is CCCNC(=O)CNc1ccc(C(=O)N(CC)c2ccccc2)cc1. The van der Waals surface area contributed by atoms with Crippen LogP contribution in [0.4, 0.5) is 11.4 Å². The van der Waals surface area contributed by atoms with E-state index in [9.17, 15) is 9.59 Å². The van der Waals surface area contributed by atoms with Crippen molar-refractivity contribution in [2.75, 3.05) is 29.9 Å². The molecule has 0 saturated carbocycles. The van der Waals surface area contributed by atoms with Crippen LogP contribution in [-0.2, 0) is 4.79 Å². The minimum Gasteiger partial charge on any atom is -0.376 e. The molecule has 0 radical (unpaired) electrons. The highest BCUT2D eigenvalue weighted by molar-refractivity contribution is 6.06. The fourth-order valence-electron chi connectivity index (χ4n) is 2.45. The van der Waals surface area contributed by atoms with Crippen LogP contribution in [0, 0.1) is 0 Å². The number of amides is 2. The molecule has 5 nitrogen and oxygen atoms in total. The molecule has 2 N–H and O–H groups in total. The van der Waals surface area contributed by atoms with Crippen LogP contribution in [0.3, 0.4) is 0 Å². The molecule has 5 heteroatoms. The van der Waals surface area contributed by atoms with Gasteiger partial charge in [-0.25, -0.2) is 0 Å². The lowest BCUT2D eigenvalue weighted by Crippen LogP contribution is -2.31. The van der Waals surface area contributed by atoms with Gasteiger partial charge in [0.25, 0.3) is 5.91 Å². The number of nitrogens with one attached hydrogen (secondary N) is 2. The van der Waals surface area contributed by atoms with Crippen LogP contribution in [0.15, 0.2) is 54.6 Å². The first-order valence-electron chi connectivity index (χ1n) is 8.63. The molecule has 0 heterocycles. The predicted molar refractivity (Wildman–Crippen MR) is 102 cm³/mol. The standard InChI is InChI=1S/C20H25N3O2/c1-3-14-21-19(24)15-22-17-12-10-16(11-13-17)20(25)23(4-2)18-8-6-5-7-9-18/h5-13,22H,3-4,14-15H2,1-2H3,(H,21,24). The third-order valence-corrected chi connectivity index (χ3v) is 3.79. The van der Waals surface area contributed by atoms with Crippen LogP contribution in [0.2, 0.25) is 0 Å². The number of carbonyl (C=O) groups excluding carboxylic acids is 2. The molecule has 0 aromatic heterocycles. The molecule has 0 saturated heterocycles. The Bertz CT molecular complexity index is 684. The number of nitrogens with zero attached hydrogens (tertiary/aromatic N) is 1. The van der Waals surface area contributed by atoms with Gasteiger partial charge in [-0.3, -0.25) is 9.59 Å². The van der Waals surface area contributed by atoms with Gasteiger partial charge in [-0.15, -0.1) is 0 Å². The highest BCUT2D eigenvalue weighted by atomic mass is 16.2. The van der Waals surface area contributed by atoms with Crippen molar-refractivity contribution in [1.29, 1.82) is 0 Å². The summed E-state index contributed by atoms with van der Waals surface area (Å²) in [6, 6.07) is 16.8. The van der Waals surface area contributed by atoms with Gasteiger partial charge in [0.05, 0.1) is 6.54 Å². The first kappa shape index (κ1) is 18.5. The zero-order valence-electron chi connectivity index (χ0n) is 14.8. The van der Waals surface area contributed by atoms with Gasteiger partial charge in [0, 0.05) is 30.0 Å². The summed E-state index contributed by atoms with van der Waals surface area (Å²) in [4.78, 5) is 26.1. The number of anilines is 2. The first-order valence-corrected chi connectivity index (χ1v) is 8.63. The Morgan fingerprint density at radius 2 is 1.64 bits per heavy atom. The summed E-state index contributed by atoms with van der Waals surface area (Å²) in [5, 5.41) is 5.87. The summed E-state index contributed by atoms with van der Waals surface area (Å²) in [6.07, 6.45) is 0.915. The Morgan fingerprint density at radius 1 is 0.960 bits per heavy atom. The lowest BCUT2D eigenvalue weighted by Gasteiger charge is -2.21. The molecule has 0 unspecified atom stereocenters. The number of para-hydroxylation sites is 1. The lowest BCUT2D eigenvalue weighted by molar-refractivity contribution is -0.119. The van der Waals surface area contributed by atoms with E-state index in [1.54, 1.807) is 17.0 Å². The van der Waals surface area contributed by atoms with Gasteiger partial charge in [-0.1, -0.05) is 25.1 Å². The molecule has 132 valence electrons. The van der Waals surface area contributed by atoms with Crippen LogP contribution in [0.1, 0.15) is 30.6 Å². The molecular weight excluding hydrogens is 314 g/mol. The molecule has 0 aliphatic carbocycles. The van der Waals surface area contributed by atoms with E-state index in [4.69, 9.17) is 0 Å². The van der Waals surface area contributed by atoms with Gasteiger partial charge < -0.3 is 15.5 Å². The minimum absolute atomic E-state index is 0.0387. The van der Waals surface area contributed by atoms with E-state index in [0.717, 1.165) is 17.8 Å². The third-order valence-electron chi connectivity index (χ3n) is 3.79. The van der Waals surface area contributed by atoms with Crippen LogP contribution in [-0.4, -0.2) is 31.4 Å². The van der Waals surface area contributed by atoms with Crippen LogP contribution < -0.4 is 15.5 Å². The monoisotopic (exact) mass is 339 g/mol. The Balaban J connectivity index is 1.99. The third kappa shape index (κ3) is 5.35. The quantitative estimate of drug-likeness (QED) is 0.776. The molecule has 0 fully saturated rings. The average molecular weight is 339 g/mol. The molecule has 0 bridgehead atoms. The van der Waals surface area contributed by atoms with Crippen molar-refractivity contribution in [2.24, 2.45) is 0 Å². The number of carbonyl (C=O) groups is 2. The van der Waals surface area contributed by atoms with Crippen molar-refractivity contribution >= 4 is 23.2 Å². The van der Waals surface area contributed by atoms with Crippen molar-refractivity contribution in [2.45, 2.75) is 20.3 Å². The Hall–Kier alpha value is -2.82. The molecule has 2 aromatic rings. The summed E-state index contributed by atoms with van der Waals surface area (Å²) >= 11 is 0. The summed E-state index contributed by atoms with van der Waals surface area (Å²) in [6.45, 7) is 5.47. The van der Waals surface area contributed by atoms with Gasteiger partial charge in [0.1, 0.15) is 0 Å². The molecule has 0 aliphatic rings. The summed E-state index contributed by atoms with van der Waals surface area (Å²) in [7, 11) is 0. The second kappa shape index (κ2) is 9.47. The number of hydrogen-bond acceptors (Lipinski definition) is 3. The van der Waals surface area contributed by atoms with Crippen LogP contribution in [0.5, 0.6) is 0 Å². The van der Waals surface area contributed by atoms with Gasteiger partial charge >= 0.3 is 0 Å². The van der Waals surface area contributed by atoms with E-state index >= 15 is 0 Å². The maximum Gasteiger partial charge on any atom is 0.258 e. The van der Waals surface area contributed by atoms with Crippen molar-refractivity contribution in [3.63, 3.8) is 0 Å². The van der Waals surface area contributed by atoms with Gasteiger partial charge in [0.2, 0.25) is 5.91 Å². The first-order chi connectivity index (χ1) is 12.2. The second-order valence-electron chi connectivity index (χ2n) is 5.67.